The summed E-state index contributed by atoms with van der Waals surface area (Å²) >= 11 is 6.50. The molecule has 8 nitrogen and oxygen atoms in total. The van der Waals surface area contributed by atoms with E-state index in [9.17, 15) is 4.39 Å². The van der Waals surface area contributed by atoms with Crippen LogP contribution in [0.2, 0.25) is 5.15 Å². The van der Waals surface area contributed by atoms with Crippen LogP contribution in [0.3, 0.4) is 0 Å². The fraction of sp³-hybridized carbons (Fsp3) is 0.308. The van der Waals surface area contributed by atoms with Gasteiger partial charge in [0.25, 0.3) is 0 Å². The topological polar surface area (TPSA) is 84.8 Å². The molecule has 0 bridgehead atoms. The van der Waals surface area contributed by atoms with Gasteiger partial charge in [0.15, 0.2) is 5.15 Å². The Bertz CT molecular complexity index is 1620. The van der Waals surface area contributed by atoms with Gasteiger partial charge in [-0.3, -0.25) is 9.58 Å². The molecule has 2 aliphatic rings. The Morgan fingerprint density at radius 3 is 2.64 bits per heavy atom. The van der Waals surface area contributed by atoms with E-state index in [1.54, 1.807) is 6.20 Å². The number of alkyl halides is 1. The Morgan fingerprint density at radius 1 is 1.06 bits per heavy atom. The number of likely N-dealkylation sites (tertiary alicyclic amines) is 1. The molecule has 1 aliphatic heterocycles. The zero-order chi connectivity index (χ0) is 24.4. The van der Waals surface area contributed by atoms with Crippen LogP contribution in [-0.2, 0) is 0 Å². The molecule has 1 N–H and O–H groups in total. The number of hydrogen-bond donors (Lipinski definition) is 1. The number of fused-ring (bicyclic) bond motifs is 2. The molecule has 0 amide bonds. The maximum Gasteiger partial charge on any atom is 0.156 e. The lowest BCUT2D eigenvalue weighted by Crippen LogP contribution is -2.50. The minimum absolute atomic E-state index is 0.226. The highest BCUT2D eigenvalue weighted by Crippen LogP contribution is 2.42. The standard InChI is InChI=1S/C26H23ClFN7O/c1-15-30-20-4-2-18(8-22(20)31-15)36-19-3-5-21-23(9-19)32-24(25(27)33-21)16-10-29-35(11-16)17-12-34(13-17)14-26(28)6-7-26/h2-5,8-11,17H,6-7,12-14H2,1H3,(H,30,31). The van der Waals surface area contributed by atoms with E-state index in [0.29, 0.717) is 52.8 Å². The highest BCUT2D eigenvalue weighted by Gasteiger charge is 2.46. The Labute approximate surface area is 211 Å². The molecule has 0 radical (unpaired) electrons. The smallest absolute Gasteiger partial charge is 0.156 e. The van der Waals surface area contributed by atoms with Crippen molar-refractivity contribution in [3.8, 4) is 22.8 Å². The van der Waals surface area contributed by atoms with E-state index < -0.39 is 5.67 Å². The molecule has 0 atom stereocenters. The number of halogens is 2. The van der Waals surface area contributed by atoms with Crippen molar-refractivity contribution in [1.29, 1.82) is 0 Å². The summed E-state index contributed by atoms with van der Waals surface area (Å²) in [6, 6.07) is 11.5. The van der Waals surface area contributed by atoms with E-state index in [-0.39, 0.29) is 6.04 Å². The van der Waals surface area contributed by atoms with Crippen molar-refractivity contribution >= 4 is 33.7 Å². The average molecular weight is 504 g/mol. The molecule has 5 aromatic rings. The first-order valence-electron chi connectivity index (χ1n) is 12.0. The van der Waals surface area contributed by atoms with E-state index in [1.165, 1.54) is 0 Å². The van der Waals surface area contributed by atoms with Crippen LogP contribution < -0.4 is 4.74 Å². The molecule has 1 saturated heterocycles. The molecule has 10 heteroatoms. The number of aryl methyl sites for hydroxylation is 1. The lowest BCUT2D eigenvalue weighted by Gasteiger charge is -2.39. The number of H-pyrrole nitrogens is 1. The first-order chi connectivity index (χ1) is 17.4. The predicted molar refractivity (Wildman–Crippen MR) is 135 cm³/mol. The van der Waals surface area contributed by atoms with Crippen LogP contribution in [0.5, 0.6) is 11.5 Å². The third-order valence-corrected chi connectivity index (χ3v) is 7.15. The molecule has 4 heterocycles. The molecule has 2 fully saturated rings. The highest BCUT2D eigenvalue weighted by atomic mass is 35.5. The summed E-state index contributed by atoms with van der Waals surface area (Å²) in [5.74, 6) is 2.20. The first kappa shape index (κ1) is 21.7. The number of hydrogen-bond acceptors (Lipinski definition) is 6. The number of nitrogens with zero attached hydrogens (tertiary/aromatic N) is 6. The molecular formula is C26H23ClFN7O. The molecule has 7 rings (SSSR count). The molecular weight excluding hydrogens is 481 g/mol. The number of aromatic amines is 1. The second-order valence-electron chi connectivity index (χ2n) is 9.82. The van der Waals surface area contributed by atoms with Crippen molar-refractivity contribution in [2.24, 2.45) is 0 Å². The van der Waals surface area contributed by atoms with Gasteiger partial charge in [0.2, 0.25) is 0 Å². The molecule has 1 aliphatic carbocycles. The van der Waals surface area contributed by atoms with Gasteiger partial charge < -0.3 is 9.72 Å². The maximum atomic E-state index is 14.0. The second kappa shape index (κ2) is 7.97. The normalized spacial score (nSPS) is 17.5. The fourth-order valence-electron chi connectivity index (χ4n) is 4.77. The van der Waals surface area contributed by atoms with E-state index in [1.807, 2.05) is 54.2 Å². The first-order valence-corrected chi connectivity index (χ1v) is 12.4. The number of ether oxygens (including phenoxy) is 1. The van der Waals surface area contributed by atoms with Crippen molar-refractivity contribution < 1.29 is 9.13 Å². The minimum atomic E-state index is -0.956. The number of imidazole rings is 1. The summed E-state index contributed by atoms with van der Waals surface area (Å²) in [7, 11) is 0. The lowest BCUT2D eigenvalue weighted by atomic mass is 10.1. The summed E-state index contributed by atoms with van der Waals surface area (Å²) < 4.78 is 22.0. The van der Waals surface area contributed by atoms with E-state index in [0.717, 1.165) is 35.5 Å². The van der Waals surface area contributed by atoms with Gasteiger partial charge in [-0.15, -0.1) is 0 Å². The van der Waals surface area contributed by atoms with Gasteiger partial charge in [0.1, 0.15) is 28.7 Å². The van der Waals surface area contributed by atoms with Crippen LogP contribution in [0, 0.1) is 6.92 Å². The molecule has 0 unspecified atom stereocenters. The number of rotatable bonds is 6. The lowest BCUT2D eigenvalue weighted by molar-refractivity contribution is 0.0631. The molecule has 2 aromatic carbocycles. The SMILES string of the molecule is Cc1nc2ccc(Oc3ccc4nc(Cl)c(-c5cnn(C6CN(CC7(F)CC7)C6)c5)nc4c3)cc2[nH]1. The van der Waals surface area contributed by atoms with Crippen LogP contribution in [0.25, 0.3) is 33.3 Å². The molecule has 36 heavy (non-hydrogen) atoms. The number of nitrogens with one attached hydrogen (secondary N) is 1. The third-order valence-electron chi connectivity index (χ3n) is 6.89. The average Bonchev–Trinajstić information content (AvgIpc) is 3.20. The Kier molecular flexibility index (Phi) is 4.81. The van der Waals surface area contributed by atoms with Crippen LogP contribution in [0.4, 0.5) is 4.39 Å². The second-order valence-corrected chi connectivity index (χ2v) is 10.2. The van der Waals surface area contributed by atoms with Gasteiger partial charge in [-0.1, -0.05) is 11.6 Å². The molecule has 3 aromatic heterocycles. The summed E-state index contributed by atoms with van der Waals surface area (Å²) in [6.45, 7) is 4.05. The van der Waals surface area contributed by atoms with E-state index >= 15 is 0 Å². The van der Waals surface area contributed by atoms with Gasteiger partial charge in [0, 0.05) is 43.5 Å². The minimum Gasteiger partial charge on any atom is -0.457 e. The van der Waals surface area contributed by atoms with Crippen molar-refractivity contribution in [2.45, 2.75) is 31.5 Å². The Balaban J connectivity index is 1.12. The van der Waals surface area contributed by atoms with Crippen LogP contribution in [0.15, 0.2) is 48.8 Å². The Hall–Kier alpha value is -3.56. The summed E-state index contributed by atoms with van der Waals surface area (Å²) in [6.07, 6.45) is 5.06. The molecule has 182 valence electrons. The van der Waals surface area contributed by atoms with Crippen LogP contribution in [-0.4, -0.2) is 59.9 Å². The van der Waals surface area contributed by atoms with Crippen LogP contribution >= 0.6 is 11.6 Å². The van der Waals surface area contributed by atoms with Crippen molar-refractivity contribution in [3.63, 3.8) is 0 Å². The number of aromatic nitrogens is 6. The zero-order valence-electron chi connectivity index (χ0n) is 19.6. The third kappa shape index (κ3) is 3.98. The summed E-state index contributed by atoms with van der Waals surface area (Å²) in [5.41, 5.74) is 3.57. The largest absolute Gasteiger partial charge is 0.457 e. The molecule has 1 saturated carbocycles. The Morgan fingerprint density at radius 2 is 1.83 bits per heavy atom. The van der Waals surface area contributed by atoms with Crippen molar-refractivity contribution in [1.82, 2.24) is 34.6 Å². The van der Waals surface area contributed by atoms with Gasteiger partial charge in [-0.25, -0.2) is 19.3 Å². The van der Waals surface area contributed by atoms with Crippen LogP contribution in [0.1, 0.15) is 24.7 Å². The van der Waals surface area contributed by atoms with Gasteiger partial charge >= 0.3 is 0 Å². The van der Waals surface area contributed by atoms with Gasteiger partial charge in [-0.05, 0) is 44.0 Å². The maximum absolute atomic E-state index is 14.0. The number of benzene rings is 2. The van der Waals surface area contributed by atoms with Gasteiger partial charge in [-0.2, -0.15) is 5.10 Å². The predicted octanol–water partition coefficient (Wildman–Crippen LogP) is 5.48. The van der Waals surface area contributed by atoms with E-state index in [2.05, 4.69) is 25.0 Å². The quantitative estimate of drug-likeness (QED) is 0.330. The highest BCUT2D eigenvalue weighted by molar-refractivity contribution is 6.32. The monoisotopic (exact) mass is 503 g/mol. The van der Waals surface area contributed by atoms with Crippen molar-refractivity contribution in [2.75, 3.05) is 19.6 Å². The van der Waals surface area contributed by atoms with Gasteiger partial charge in [0.05, 0.1) is 34.3 Å². The molecule has 0 spiro atoms. The zero-order valence-corrected chi connectivity index (χ0v) is 20.3. The van der Waals surface area contributed by atoms with E-state index in [4.69, 9.17) is 21.3 Å². The van der Waals surface area contributed by atoms with Crippen molar-refractivity contribution in [3.05, 3.63) is 59.8 Å². The summed E-state index contributed by atoms with van der Waals surface area (Å²) in [4.78, 5) is 19.1. The fourth-order valence-corrected chi connectivity index (χ4v) is 5.01. The summed E-state index contributed by atoms with van der Waals surface area (Å²) in [5, 5.41) is 4.84.